The highest BCUT2D eigenvalue weighted by Crippen LogP contribution is 2.32. The standard InChI is InChI=1S/C6H12N2/c7-5-3-4-1-2-8-6(4)5/h4-6,8H,1-3,7H2. The maximum absolute atomic E-state index is 5.70. The Bertz CT molecular complexity index is 103. The van der Waals surface area contributed by atoms with Gasteiger partial charge in [0.25, 0.3) is 0 Å². The van der Waals surface area contributed by atoms with Crippen LogP contribution in [0.4, 0.5) is 0 Å². The van der Waals surface area contributed by atoms with Crippen LogP contribution in [0.5, 0.6) is 0 Å². The summed E-state index contributed by atoms with van der Waals surface area (Å²) in [6.45, 7) is 1.20. The van der Waals surface area contributed by atoms with Crippen LogP contribution in [0.1, 0.15) is 12.8 Å². The van der Waals surface area contributed by atoms with Gasteiger partial charge in [-0.15, -0.1) is 0 Å². The van der Waals surface area contributed by atoms with Crippen LogP contribution >= 0.6 is 0 Å². The number of rotatable bonds is 0. The summed E-state index contributed by atoms with van der Waals surface area (Å²) in [6.07, 6.45) is 2.62. The van der Waals surface area contributed by atoms with Gasteiger partial charge in [0, 0.05) is 12.1 Å². The Kier molecular flexibility index (Phi) is 0.866. The van der Waals surface area contributed by atoms with Crippen molar-refractivity contribution in [3.63, 3.8) is 0 Å². The quantitative estimate of drug-likeness (QED) is 0.451. The Morgan fingerprint density at radius 2 is 2.38 bits per heavy atom. The fourth-order valence-electron chi connectivity index (χ4n) is 1.85. The van der Waals surface area contributed by atoms with Crippen molar-refractivity contribution in [1.29, 1.82) is 0 Å². The third kappa shape index (κ3) is 0.446. The van der Waals surface area contributed by atoms with E-state index in [-0.39, 0.29) is 0 Å². The van der Waals surface area contributed by atoms with E-state index in [1.807, 2.05) is 0 Å². The summed E-state index contributed by atoms with van der Waals surface area (Å²) in [4.78, 5) is 0. The van der Waals surface area contributed by atoms with Crippen LogP contribution in [-0.4, -0.2) is 18.6 Å². The summed E-state index contributed by atoms with van der Waals surface area (Å²) in [7, 11) is 0. The molecule has 8 heavy (non-hydrogen) atoms. The maximum atomic E-state index is 5.70. The highest BCUT2D eigenvalue weighted by molar-refractivity contribution is 5.01. The van der Waals surface area contributed by atoms with E-state index in [1.54, 1.807) is 0 Å². The Morgan fingerprint density at radius 3 is 2.88 bits per heavy atom. The zero-order chi connectivity index (χ0) is 5.56. The molecule has 2 fully saturated rings. The van der Waals surface area contributed by atoms with E-state index < -0.39 is 0 Å². The molecule has 1 saturated carbocycles. The molecule has 0 bridgehead atoms. The molecule has 2 rings (SSSR count). The van der Waals surface area contributed by atoms with E-state index in [2.05, 4.69) is 5.32 Å². The second-order valence-corrected chi connectivity index (χ2v) is 2.93. The molecule has 1 heterocycles. The van der Waals surface area contributed by atoms with Crippen LogP contribution < -0.4 is 11.1 Å². The van der Waals surface area contributed by atoms with Crippen molar-refractivity contribution >= 4 is 0 Å². The Hall–Kier alpha value is -0.0800. The fraction of sp³-hybridized carbons (Fsp3) is 1.00. The van der Waals surface area contributed by atoms with Crippen molar-refractivity contribution in [2.24, 2.45) is 11.7 Å². The van der Waals surface area contributed by atoms with Gasteiger partial charge in [-0.3, -0.25) is 0 Å². The van der Waals surface area contributed by atoms with Crippen LogP contribution in [0.25, 0.3) is 0 Å². The van der Waals surface area contributed by atoms with E-state index in [0.29, 0.717) is 12.1 Å². The predicted octanol–water partition coefficient (Wildman–Crippen LogP) is -0.305. The summed E-state index contributed by atoms with van der Waals surface area (Å²) in [6, 6.07) is 1.16. The molecule has 0 aromatic rings. The molecule has 1 aliphatic heterocycles. The van der Waals surface area contributed by atoms with E-state index in [4.69, 9.17) is 5.73 Å². The Labute approximate surface area is 49.4 Å². The first-order valence-electron chi connectivity index (χ1n) is 3.37. The predicted molar refractivity (Wildman–Crippen MR) is 32.5 cm³/mol. The molecule has 3 N–H and O–H groups in total. The van der Waals surface area contributed by atoms with Gasteiger partial charge >= 0.3 is 0 Å². The lowest BCUT2D eigenvalue weighted by molar-refractivity contribution is 0.227. The summed E-state index contributed by atoms with van der Waals surface area (Å²) < 4.78 is 0. The third-order valence-electron chi connectivity index (χ3n) is 2.44. The van der Waals surface area contributed by atoms with Crippen LogP contribution in [-0.2, 0) is 0 Å². The van der Waals surface area contributed by atoms with Crippen LogP contribution in [0.2, 0.25) is 0 Å². The van der Waals surface area contributed by atoms with Crippen molar-refractivity contribution in [2.45, 2.75) is 24.9 Å². The van der Waals surface area contributed by atoms with E-state index >= 15 is 0 Å². The van der Waals surface area contributed by atoms with Crippen molar-refractivity contribution in [2.75, 3.05) is 6.54 Å². The molecule has 2 heteroatoms. The molecule has 2 nitrogen and oxygen atoms in total. The Morgan fingerprint density at radius 1 is 1.50 bits per heavy atom. The van der Waals surface area contributed by atoms with Crippen LogP contribution in [0, 0.1) is 5.92 Å². The number of nitrogens with two attached hydrogens (primary N) is 1. The van der Waals surface area contributed by atoms with Gasteiger partial charge in [-0.1, -0.05) is 0 Å². The molecular formula is C6H12N2. The minimum atomic E-state index is 0.475. The smallest absolute Gasteiger partial charge is 0.0248 e. The first kappa shape index (κ1) is 4.77. The molecule has 3 atom stereocenters. The first-order chi connectivity index (χ1) is 3.88. The van der Waals surface area contributed by atoms with Crippen molar-refractivity contribution in [3.05, 3.63) is 0 Å². The molecule has 0 spiro atoms. The van der Waals surface area contributed by atoms with Gasteiger partial charge in [-0.2, -0.15) is 0 Å². The second kappa shape index (κ2) is 1.45. The van der Waals surface area contributed by atoms with Gasteiger partial charge in [0.15, 0.2) is 0 Å². The summed E-state index contributed by atoms with van der Waals surface area (Å²) >= 11 is 0. The molecule has 0 aromatic heterocycles. The number of fused-ring (bicyclic) bond motifs is 1. The molecule has 1 aliphatic carbocycles. The fourth-order valence-corrected chi connectivity index (χ4v) is 1.85. The van der Waals surface area contributed by atoms with Crippen LogP contribution in [0.3, 0.4) is 0 Å². The van der Waals surface area contributed by atoms with Gasteiger partial charge in [-0.25, -0.2) is 0 Å². The average Bonchev–Trinajstić information content (AvgIpc) is 2.09. The van der Waals surface area contributed by atoms with Gasteiger partial charge in [0.05, 0.1) is 0 Å². The zero-order valence-electron chi connectivity index (χ0n) is 4.93. The van der Waals surface area contributed by atoms with Gasteiger partial charge < -0.3 is 11.1 Å². The van der Waals surface area contributed by atoms with Crippen molar-refractivity contribution in [3.8, 4) is 0 Å². The SMILES string of the molecule is NC1CC2CCNC12. The highest BCUT2D eigenvalue weighted by Gasteiger charge is 2.41. The average molecular weight is 112 g/mol. The third-order valence-corrected chi connectivity index (χ3v) is 2.44. The minimum Gasteiger partial charge on any atom is -0.326 e. The van der Waals surface area contributed by atoms with Gasteiger partial charge in [0.2, 0.25) is 0 Å². The lowest BCUT2D eigenvalue weighted by Crippen LogP contribution is -2.54. The van der Waals surface area contributed by atoms with Crippen LogP contribution in [0.15, 0.2) is 0 Å². The highest BCUT2D eigenvalue weighted by atomic mass is 15.0. The van der Waals surface area contributed by atoms with E-state index in [9.17, 15) is 0 Å². The van der Waals surface area contributed by atoms with Crippen molar-refractivity contribution < 1.29 is 0 Å². The lowest BCUT2D eigenvalue weighted by atomic mass is 9.76. The lowest BCUT2D eigenvalue weighted by Gasteiger charge is -2.37. The maximum Gasteiger partial charge on any atom is 0.0248 e. The molecule has 1 saturated heterocycles. The normalized spacial score (nSPS) is 52.9. The number of hydrogen-bond donors (Lipinski definition) is 2. The topological polar surface area (TPSA) is 38.0 Å². The summed E-state index contributed by atoms with van der Waals surface area (Å²) in [5.41, 5.74) is 5.70. The number of nitrogens with one attached hydrogen (secondary N) is 1. The number of hydrogen-bond acceptors (Lipinski definition) is 2. The molecular weight excluding hydrogens is 100 g/mol. The molecule has 46 valence electrons. The zero-order valence-corrected chi connectivity index (χ0v) is 4.93. The summed E-state index contributed by atoms with van der Waals surface area (Å²) in [5.74, 6) is 0.935. The Balaban J connectivity index is 2.02. The molecule has 0 radical (unpaired) electrons. The largest absolute Gasteiger partial charge is 0.326 e. The molecule has 0 aromatic carbocycles. The minimum absolute atomic E-state index is 0.475. The van der Waals surface area contributed by atoms with Crippen molar-refractivity contribution in [1.82, 2.24) is 5.32 Å². The molecule has 3 unspecified atom stereocenters. The van der Waals surface area contributed by atoms with E-state index in [1.165, 1.54) is 19.4 Å². The monoisotopic (exact) mass is 112 g/mol. The first-order valence-corrected chi connectivity index (χ1v) is 3.37. The van der Waals surface area contributed by atoms with Gasteiger partial charge in [-0.05, 0) is 25.3 Å². The second-order valence-electron chi connectivity index (χ2n) is 2.93. The summed E-state index contributed by atoms with van der Waals surface area (Å²) in [5, 5.41) is 3.38. The van der Waals surface area contributed by atoms with E-state index in [0.717, 1.165) is 5.92 Å². The molecule has 2 aliphatic rings. The molecule has 0 amide bonds. The van der Waals surface area contributed by atoms with Gasteiger partial charge in [0.1, 0.15) is 0 Å².